The smallest absolute Gasteiger partial charge is 0.323 e. The van der Waals surface area contributed by atoms with Crippen LogP contribution in [0.4, 0.5) is 0 Å². The number of hydrogen-bond acceptors (Lipinski definition) is 4. The van der Waals surface area contributed by atoms with Crippen LogP contribution in [-0.2, 0) is 9.53 Å². The number of carbonyl (C=O) groups is 1. The summed E-state index contributed by atoms with van der Waals surface area (Å²) in [4.78, 5) is 13.7. The lowest BCUT2D eigenvalue weighted by Gasteiger charge is -2.30. The Bertz CT molecular complexity index is 274. The van der Waals surface area contributed by atoms with Gasteiger partial charge >= 0.3 is 5.97 Å². The van der Waals surface area contributed by atoms with Crippen LogP contribution >= 0.6 is 0 Å². The van der Waals surface area contributed by atoms with Crippen LogP contribution in [0.15, 0.2) is 0 Å². The normalized spacial score (nSPS) is 16.1. The number of ether oxygens (including phenoxy) is 1. The van der Waals surface area contributed by atoms with Crippen molar-refractivity contribution in [3.63, 3.8) is 0 Å². The van der Waals surface area contributed by atoms with Gasteiger partial charge in [0.2, 0.25) is 0 Å². The minimum Gasteiger partial charge on any atom is -0.480 e. The molecule has 0 saturated heterocycles. The van der Waals surface area contributed by atoms with E-state index in [1.165, 1.54) is 0 Å². The third kappa shape index (κ3) is 6.68. The minimum absolute atomic E-state index is 0.500. The first-order valence-electron chi connectivity index (χ1n) is 7.62. The Morgan fingerprint density at radius 3 is 2.50 bits per heavy atom. The lowest BCUT2D eigenvalue weighted by atomic mass is 9.95. The van der Waals surface area contributed by atoms with Gasteiger partial charge in [-0.25, -0.2) is 0 Å². The van der Waals surface area contributed by atoms with Crippen molar-refractivity contribution in [2.75, 3.05) is 33.4 Å². The summed E-state index contributed by atoms with van der Waals surface area (Å²) in [5.74, 6) is -0.772. The minimum atomic E-state index is -0.822. The standard InChI is InChI=1S/C15H32N2O3/c1-6-13(3)17(11-12-20-5)10-8-9-15(4,14(18)19)16-7-2/h13,16H,6-12H2,1-5H3,(H,18,19). The number of carboxylic acid groups (broad SMARTS) is 1. The number of nitrogens with zero attached hydrogens (tertiary/aromatic N) is 1. The largest absolute Gasteiger partial charge is 0.480 e. The van der Waals surface area contributed by atoms with Crippen LogP contribution in [0.3, 0.4) is 0 Å². The van der Waals surface area contributed by atoms with Crippen LogP contribution in [0.5, 0.6) is 0 Å². The van der Waals surface area contributed by atoms with Crippen LogP contribution in [0.2, 0.25) is 0 Å². The zero-order chi connectivity index (χ0) is 15.6. The molecular formula is C15H32N2O3. The molecule has 20 heavy (non-hydrogen) atoms. The second-order valence-electron chi connectivity index (χ2n) is 5.56. The van der Waals surface area contributed by atoms with Crippen LogP contribution in [0.25, 0.3) is 0 Å². The van der Waals surface area contributed by atoms with E-state index < -0.39 is 11.5 Å². The molecule has 0 rings (SSSR count). The molecule has 0 spiro atoms. The van der Waals surface area contributed by atoms with Gasteiger partial charge in [-0.1, -0.05) is 13.8 Å². The van der Waals surface area contributed by atoms with Crippen LogP contribution in [-0.4, -0.2) is 60.9 Å². The predicted molar refractivity (Wildman–Crippen MR) is 82.2 cm³/mol. The number of rotatable bonds is 12. The second-order valence-corrected chi connectivity index (χ2v) is 5.56. The zero-order valence-electron chi connectivity index (χ0n) is 13.7. The maximum Gasteiger partial charge on any atom is 0.323 e. The Labute approximate surface area is 123 Å². The van der Waals surface area contributed by atoms with E-state index in [2.05, 4.69) is 24.1 Å². The summed E-state index contributed by atoms with van der Waals surface area (Å²) in [6, 6.07) is 0.500. The van der Waals surface area contributed by atoms with Gasteiger partial charge in [0.1, 0.15) is 5.54 Å². The maximum absolute atomic E-state index is 11.4. The van der Waals surface area contributed by atoms with Gasteiger partial charge in [0, 0.05) is 19.7 Å². The Kier molecular flexibility index (Phi) is 9.80. The van der Waals surface area contributed by atoms with Crippen molar-refractivity contribution < 1.29 is 14.6 Å². The van der Waals surface area contributed by atoms with Gasteiger partial charge in [0.25, 0.3) is 0 Å². The van der Waals surface area contributed by atoms with Crippen molar-refractivity contribution in [1.29, 1.82) is 0 Å². The van der Waals surface area contributed by atoms with E-state index in [0.29, 0.717) is 25.6 Å². The second kappa shape index (κ2) is 10.1. The van der Waals surface area contributed by atoms with Gasteiger partial charge in [0.15, 0.2) is 0 Å². The van der Waals surface area contributed by atoms with Crippen molar-refractivity contribution in [1.82, 2.24) is 10.2 Å². The molecule has 120 valence electrons. The van der Waals surface area contributed by atoms with Crippen molar-refractivity contribution in [2.45, 2.75) is 58.5 Å². The zero-order valence-corrected chi connectivity index (χ0v) is 13.7. The van der Waals surface area contributed by atoms with Gasteiger partial charge in [-0.2, -0.15) is 0 Å². The summed E-state index contributed by atoms with van der Waals surface area (Å²) in [5, 5.41) is 12.4. The highest BCUT2D eigenvalue weighted by Crippen LogP contribution is 2.14. The van der Waals surface area contributed by atoms with Crippen molar-refractivity contribution in [2.24, 2.45) is 0 Å². The van der Waals surface area contributed by atoms with E-state index in [-0.39, 0.29) is 0 Å². The molecule has 0 aliphatic carbocycles. The molecule has 5 nitrogen and oxygen atoms in total. The fourth-order valence-corrected chi connectivity index (χ4v) is 2.32. The van der Waals surface area contributed by atoms with Gasteiger partial charge < -0.3 is 15.2 Å². The highest BCUT2D eigenvalue weighted by Gasteiger charge is 2.31. The summed E-state index contributed by atoms with van der Waals surface area (Å²) in [5.41, 5.74) is -0.822. The molecule has 0 saturated carbocycles. The summed E-state index contributed by atoms with van der Waals surface area (Å²) in [7, 11) is 1.71. The Morgan fingerprint density at radius 1 is 1.40 bits per heavy atom. The molecule has 0 aromatic rings. The van der Waals surface area contributed by atoms with Crippen molar-refractivity contribution >= 4 is 5.97 Å². The number of hydrogen-bond donors (Lipinski definition) is 2. The van der Waals surface area contributed by atoms with E-state index in [0.717, 1.165) is 25.9 Å². The summed E-state index contributed by atoms with van der Waals surface area (Å²) in [6.07, 6.45) is 2.59. The number of aliphatic carboxylic acids is 1. The van der Waals surface area contributed by atoms with Crippen LogP contribution < -0.4 is 5.32 Å². The molecule has 2 N–H and O–H groups in total. The maximum atomic E-state index is 11.4. The quantitative estimate of drug-likeness (QED) is 0.575. The number of likely N-dealkylation sites (N-methyl/N-ethyl adjacent to an activating group) is 1. The third-order valence-corrected chi connectivity index (χ3v) is 3.96. The highest BCUT2D eigenvalue weighted by molar-refractivity contribution is 5.78. The highest BCUT2D eigenvalue weighted by atomic mass is 16.5. The van der Waals surface area contributed by atoms with Gasteiger partial charge in [-0.3, -0.25) is 9.69 Å². The lowest BCUT2D eigenvalue weighted by molar-refractivity contribution is -0.144. The average Bonchev–Trinajstić information content (AvgIpc) is 2.41. The molecular weight excluding hydrogens is 256 g/mol. The third-order valence-electron chi connectivity index (χ3n) is 3.96. The van der Waals surface area contributed by atoms with Gasteiger partial charge in [-0.15, -0.1) is 0 Å². The Hall–Kier alpha value is -0.650. The fourth-order valence-electron chi connectivity index (χ4n) is 2.32. The first-order chi connectivity index (χ1) is 9.41. The molecule has 0 aliphatic heterocycles. The number of methoxy groups -OCH3 is 1. The van der Waals surface area contributed by atoms with E-state index in [9.17, 15) is 9.90 Å². The molecule has 0 radical (unpaired) electrons. The molecule has 2 unspecified atom stereocenters. The van der Waals surface area contributed by atoms with E-state index in [1.54, 1.807) is 14.0 Å². The van der Waals surface area contributed by atoms with Crippen LogP contribution in [0.1, 0.15) is 47.0 Å². The van der Waals surface area contributed by atoms with Gasteiger partial charge in [-0.05, 0) is 46.2 Å². The molecule has 0 aromatic heterocycles. The van der Waals surface area contributed by atoms with Crippen molar-refractivity contribution in [3.8, 4) is 0 Å². The topological polar surface area (TPSA) is 61.8 Å². The predicted octanol–water partition coefficient (Wildman–Crippen LogP) is 1.97. The van der Waals surface area contributed by atoms with E-state index >= 15 is 0 Å². The molecule has 2 atom stereocenters. The number of carboxylic acids is 1. The molecule has 0 bridgehead atoms. The van der Waals surface area contributed by atoms with E-state index in [1.807, 2.05) is 6.92 Å². The molecule has 5 heteroatoms. The molecule has 0 heterocycles. The fraction of sp³-hybridized carbons (Fsp3) is 0.933. The average molecular weight is 288 g/mol. The SMILES string of the molecule is CCNC(C)(CCCN(CCOC)C(C)CC)C(=O)O. The first kappa shape index (κ1) is 19.4. The molecule has 0 amide bonds. The Morgan fingerprint density at radius 2 is 2.05 bits per heavy atom. The van der Waals surface area contributed by atoms with Gasteiger partial charge in [0.05, 0.1) is 6.61 Å². The number of nitrogens with one attached hydrogen (secondary N) is 1. The first-order valence-corrected chi connectivity index (χ1v) is 7.62. The molecule has 0 aromatic carbocycles. The summed E-state index contributed by atoms with van der Waals surface area (Å²) >= 11 is 0. The Balaban J connectivity index is 4.35. The monoisotopic (exact) mass is 288 g/mol. The lowest BCUT2D eigenvalue weighted by Crippen LogP contribution is -2.50. The summed E-state index contributed by atoms with van der Waals surface area (Å²) in [6.45, 7) is 11.3. The van der Waals surface area contributed by atoms with Crippen molar-refractivity contribution in [3.05, 3.63) is 0 Å². The molecule has 0 fully saturated rings. The van der Waals surface area contributed by atoms with Crippen LogP contribution in [0, 0.1) is 0 Å². The molecule has 0 aliphatic rings. The van der Waals surface area contributed by atoms with E-state index in [4.69, 9.17) is 4.74 Å². The summed E-state index contributed by atoms with van der Waals surface area (Å²) < 4.78 is 5.14.